The van der Waals surface area contributed by atoms with Gasteiger partial charge in [0.15, 0.2) is 0 Å². The largest absolute Gasteiger partial charge is 0.308 e. The first kappa shape index (κ1) is 12.8. The van der Waals surface area contributed by atoms with E-state index in [0.717, 1.165) is 12.1 Å². The molecule has 0 radical (unpaired) electrons. The van der Waals surface area contributed by atoms with Crippen LogP contribution < -0.4 is 5.32 Å². The molecule has 0 saturated carbocycles. The Bertz CT molecular complexity index is 530. The number of aromatic nitrogens is 3. The van der Waals surface area contributed by atoms with Crippen LogP contribution in [0.1, 0.15) is 35.5 Å². The Morgan fingerprint density at radius 3 is 2.78 bits per heavy atom. The monoisotopic (exact) mass is 244 g/mol. The molecule has 18 heavy (non-hydrogen) atoms. The van der Waals surface area contributed by atoms with Gasteiger partial charge in [-0.2, -0.15) is 5.10 Å². The van der Waals surface area contributed by atoms with Gasteiger partial charge in [-0.05, 0) is 43.7 Å². The van der Waals surface area contributed by atoms with Crippen LogP contribution in [0.5, 0.6) is 0 Å². The number of hydrogen-bond donors (Lipinski definition) is 1. The minimum Gasteiger partial charge on any atom is -0.308 e. The van der Waals surface area contributed by atoms with Crippen LogP contribution >= 0.6 is 0 Å². The Balaban J connectivity index is 2.45. The van der Waals surface area contributed by atoms with Crippen LogP contribution in [0.25, 0.3) is 0 Å². The van der Waals surface area contributed by atoms with Crippen LogP contribution in [-0.2, 0) is 13.5 Å². The Morgan fingerprint density at radius 1 is 1.44 bits per heavy atom. The highest BCUT2D eigenvalue weighted by Gasteiger charge is 2.18. The van der Waals surface area contributed by atoms with Gasteiger partial charge in [-0.15, -0.1) is 0 Å². The third-order valence-corrected chi connectivity index (χ3v) is 3.30. The second-order valence-corrected chi connectivity index (χ2v) is 4.49. The van der Waals surface area contributed by atoms with E-state index in [4.69, 9.17) is 0 Å². The van der Waals surface area contributed by atoms with Crippen molar-refractivity contribution in [3.05, 3.63) is 47.0 Å². The summed E-state index contributed by atoms with van der Waals surface area (Å²) in [6, 6.07) is 4.33. The molecule has 1 N–H and O–H groups in total. The first-order valence-corrected chi connectivity index (χ1v) is 6.28. The van der Waals surface area contributed by atoms with Gasteiger partial charge < -0.3 is 5.32 Å². The lowest BCUT2D eigenvalue weighted by molar-refractivity contribution is 0.600. The molecular weight excluding hydrogens is 224 g/mol. The molecule has 0 aromatic carbocycles. The van der Waals surface area contributed by atoms with Crippen LogP contribution in [0.2, 0.25) is 0 Å². The molecule has 2 aromatic heterocycles. The van der Waals surface area contributed by atoms with Crippen molar-refractivity contribution in [2.75, 3.05) is 7.05 Å². The second kappa shape index (κ2) is 5.31. The van der Waals surface area contributed by atoms with Gasteiger partial charge in [-0.25, -0.2) is 0 Å². The van der Waals surface area contributed by atoms with E-state index < -0.39 is 0 Å². The van der Waals surface area contributed by atoms with E-state index >= 15 is 0 Å². The van der Waals surface area contributed by atoms with E-state index in [2.05, 4.69) is 35.3 Å². The highest BCUT2D eigenvalue weighted by Crippen LogP contribution is 2.24. The third-order valence-electron chi connectivity index (χ3n) is 3.30. The molecule has 1 unspecified atom stereocenters. The van der Waals surface area contributed by atoms with Crippen LogP contribution in [0.15, 0.2) is 24.5 Å². The molecule has 2 rings (SSSR count). The van der Waals surface area contributed by atoms with Crippen molar-refractivity contribution in [2.24, 2.45) is 7.05 Å². The molecule has 0 bridgehead atoms. The molecular formula is C14H20N4. The standard InChI is InChI=1S/C14H20N4/c1-5-11-8-13(18(4)17-11)14(15-3)12-9-16-7-6-10(12)2/h6-9,14-15H,5H2,1-4H3. The third kappa shape index (κ3) is 2.29. The lowest BCUT2D eigenvalue weighted by Gasteiger charge is -2.18. The van der Waals surface area contributed by atoms with Crippen molar-refractivity contribution in [1.29, 1.82) is 0 Å². The Kier molecular flexibility index (Phi) is 3.77. The zero-order valence-corrected chi connectivity index (χ0v) is 11.4. The topological polar surface area (TPSA) is 42.7 Å². The summed E-state index contributed by atoms with van der Waals surface area (Å²) in [6.45, 7) is 4.23. The molecule has 4 nitrogen and oxygen atoms in total. The van der Waals surface area contributed by atoms with E-state index in [-0.39, 0.29) is 6.04 Å². The van der Waals surface area contributed by atoms with Crippen LogP contribution in [0.3, 0.4) is 0 Å². The first-order valence-electron chi connectivity index (χ1n) is 6.28. The fraction of sp³-hybridized carbons (Fsp3) is 0.429. The molecule has 2 heterocycles. The molecule has 2 aromatic rings. The van der Waals surface area contributed by atoms with E-state index in [0.29, 0.717) is 0 Å². The number of nitrogens with zero attached hydrogens (tertiary/aromatic N) is 3. The molecule has 0 aliphatic heterocycles. The normalized spacial score (nSPS) is 12.7. The van der Waals surface area contributed by atoms with Gasteiger partial charge in [-0.3, -0.25) is 9.67 Å². The molecule has 0 amide bonds. The molecule has 0 spiro atoms. The van der Waals surface area contributed by atoms with Gasteiger partial charge in [0.25, 0.3) is 0 Å². The number of hydrogen-bond acceptors (Lipinski definition) is 3. The lowest BCUT2D eigenvalue weighted by atomic mass is 10.0. The maximum Gasteiger partial charge on any atom is 0.0763 e. The summed E-state index contributed by atoms with van der Waals surface area (Å²) in [5.74, 6) is 0. The molecule has 0 aliphatic carbocycles. The summed E-state index contributed by atoms with van der Waals surface area (Å²) in [5.41, 5.74) is 4.73. The Morgan fingerprint density at radius 2 is 2.22 bits per heavy atom. The molecule has 1 atom stereocenters. The van der Waals surface area contributed by atoms with Gasteiger partial charge in [-0.1, -0.05) is 6.92 Å². The van der Waals surface area contributed by atoms with E-state index in [1.807, 2.05) is 37.2 Å². The highest BCUT2D eigenvalue weighted by atomic mass is 15.3. The van der Waals surface area contributed by atoms with Crippen molar-refractivity contribution < 1.29 is 0 Å². The maximum absolute atomic E-state index is 4.51. The fourth-order valence-electron chi connectivity index (χ4n) is 2.23. The summed E-state index contributed by atoms with van der Waals surface area (Å²) in [6.07, 6.45) is 4.71. The number of nitrogens with one attached hydrogen (secondary N) is 1. The maximum atomic E-state index is 4.51. The molecule has 4 heteroatoms. The minimum absolute atomic E-state index is 0.136. The SMILES string of the molecule is CCc1cc(C(NC)c2cnccc2C)n(C)n1. The summed E-state index contributed by atoms with van der Waals surface area (Å²) >= 11 is 0. The van der Waals surface area contributed by atoms with Gasteiger partial charge >= 0.3 is 0 Å². The number of pyridine rings is 1. The lowest BCUT2D eigenvalue weighted by Crippen LogP contribution is -2.21. The zero-order valence-electron chi connectivity index (χ0n) is 11.4. The van der Waals surface area contributed by atoms with Gasteiger partial charge in [0, 0.05) is 19.4 Å². The van der Waals surface area contributed by atoms with Crippen molar-refractivity contribution in [3.8, 4) is 0 Å². The first-order chi connectivity index (χ1) is 8.67. The predicted molar refractivity (Wildman–Crippen MR) is 72.5 cm³/mol. The van der Waals surface area contributed by atoms with Crippen LogP contribution in [-0.4, -0.2) is 21.8 Å². The predicted octanol–water partition coefficient (Wildman–Crippen LogP) is 1.99. The Hall–Kier alpha value is -1.68. The van der Waals surface area contributed by atoms with E-state index in [1.165, 1.54) is 16.8 Å². The van der Waals surface area contributed by atoms with E-state index in [9.17, 15) is 0 Å². The number of aryl methyl sites for hydroxylation is 3. The quantitative estimate of drug-likeness (QED) is 0.894. The summed E-state index contributed by atoms with van der Waals surface area (Å²) in [4.78, 5) is 4.23. The van der Waals surface area contributed by atoms with Crippen LogP contribution in [0.4, 0.5) is 0 Å². The van der Waals surface area contributed by atoms with Crippen molar-refractivity contribution in [1.82, 2.24) is 20.1 Å². The van der Waals surface area contributed by atoms with Crippen molar-refractivity contribution >= 4 is 0 Å². The summed E-state index contributed by atoms with van der Waals surface area (Å²) < 4.78 is 1.95. The number of rotatable bonds is 4. The van der Waals surface area contributed by atoms with Crippen molar-refractivity contribution in [3.63, 3.8) is 0 Å². The molecule has 0 saturated heterocycles. The second-order valence-electron chi connectivity index (χ2n) is 4.49. The Labute approximate surface area is 108 Å². The smallest absolute Gasteiger partial charge is 0.0763 e. The minimum atomic E-state index is 0.136. The average molecular weight is 244 g/mol. The zero-order chi connectivity index (χ0) is 13.1. The highest BCUT2D eigenvalue weighted by molar-refractivity contribution is 5.32. The summed E-state index contributed by atoms with van der Waals surface area (Å²) in [5, 5.41) is 7.86. The van der Waals surface area contributed by atoms with Gasteiger partial charge in [0.1, 0.15) is 0 Å². The van der Waals surface area contributed by atoms with E-state index in [1.54, 1.807) is 0 Å². The van der Waals surface area contributed by atoms with Gasteiger partial charge in [0.05, 0.1) is 17.4 Å². The van der Waals surface area contributed by atoms with Crippen molar-refractivity contribution in [2.45, 2.75) is 26.3 Å². The molecule has 96 valence electrons. The average Bonchev–Trinajstić information content (AvgIpc) is 2.74. The fourth-order valence-corrected chi connectivity index (χ4v) is 2.23. The summed E-state index contributed by atoms with van der Waals surface area (Å²) in [7, 11) is 3.96. The van der Waals surface area contributed by atoms with Gasteiger partial charge in [0.2, 0.25) is 0 Å². The molecule has 0 fully saturated rings. The van der Waals surface area contributed by atoms with Crippen LogP contribution in [0, 0.1) is 6.92 Å². The molecule has 0 aliphatic rings.